The molecule has 0 fully saturated rings. The Morgan fingerprint density at radius 3 is 2.36 bits per heavy atom. The molecule has 22 heavy (non-hydrogen) atoms. The number of aryl methyl sites for hydroxylation is 1. The minimum Gasteiger partial charge on any atom is -0.480 e. The molecule has 0 unspecified atom stereocenters. The van der Waals surface area contributed by atoms with Crippen molar-refractivity contribution in [2.45, 2.75) is 19.9 Å². The highest BCUT2D eigenvalue weighted by atomic mass is 16.4. The molecule has 1 atom stereocenters. The van der Waals surface area contributed by atoms with E-state index >= 15 is 0 Å². The number of benzene rings is 1. The number of carboxylic acid groups (broad SMARTS) is 1. The van der Waals surface area contributed by atoms with Gasteiger partial charge in [-0.3, -0.25) is 9.36 Å². The van der Waals surface area contributed by atoms with Crippen molar-refractivity contribution in [2.24, 2.45) is 0 Å². The van der Waals surface area contributed by atoms with E-state index in [9.17, 15) is 14.4 Å². The van der Waals surface area contributed by atoms with Crippen molar-refractivity contribution in [3.8, 4) is 11.8 Å². The van der Waals surface area contributed by atoms with Gasteiger partial charge >= 0.3 is 11.7 Å². The van der Waals surface area contributed by atoms with Gasteiger partial charge in [-0.15, -0.1) is 0 Å². The smallest absolute Gasteiger partial charge is 0.336 e. The summed E-state index contributed by atoms with van der Waals surface area (Å²) in [6.07, 6.45) is 0. The number of carboxylic acids is 1. The van der Waals surface area contributed by atoms with Crippen LogP contribution in [0.2, 0.25) is 0 Å². The van der Waals surface area contributed by atoms with Crippen LogP contribution in [0.4, 0.5) is 0 Å². The van der Waals surface area contributed by atoms with Crippen molar-refractivity contribution in [1.29, 1.82) is 5.26 Å². The lowest BCUT2D eigenvalue weighted by molar-refractivity contribution is -0.140. The number of aromatic nitrogens is 2. The Balaban J connectivity index is 2.74. The molecule has 0 radical (unpaired) electrons. The van der Waals surface area contributed by atoms with E-state index in [1.54, 1.807) is 19.1 Å². The Kier molecular flexibility index (Phi) is 3.95. The normalized spacial score (nSPS) is 11.7. The summed E-state index contributed by atoms with van der Waals surface area (Å²) in [5.74, 6) is -1.27. The number of hydrogen-bond acceptors (Lipinski definition) is 4. The highest BCUT2D eigenvalue weighted by Crippen LogP contribution is 2.10. The van der Waals surface area contributed by atoms with Gasteiger partial charge in [0.1, 0.15) is 6.04 Å². The Morgan fingerprint density at radius 2 is 1.86 bits per heavy atom. The second-order valence-electron chi connectivity index (χ2n) is 4.78. The highest BCUT2D eigenvalue weighted by Gasteiger charge is 2.20. The fourth-order valence-corrected chi connectivity index (χ4v) is 2.13. The SMILES string of the molecule is Cc1cc(=O)n([C@@H](C)C(=O)O)c(=O)n1-c1ccc(C#N)cc1. The fraction of sp³-hybridized carbons (Fsp3) is 0.200. The maximum Gasteiger partial charge on any atom is 0.336 e. The minimum absolute atomic E-state index is 0.383. The van der Waals surface area contributed by atoms with E-state index in [2.05, 4.69) is 0 Å². The molecule has 0 aliphatic carbocycles. The first-order valence-electron chi connectivity index (χ1n) is 6.45. The summed E-state index contributed by atoms with van der Waals surface area (Å²) < 4.78 is 1.93. The summed E-state index contributed by atoms with van der Waals surface area (Å²) >= 11 is 0. The minimum atomic E-state index is -1.27. The predicted molar refractivity (Wildman–Crippen MR) is 78.1 cm³/mol. The van der Waals surface area contributed by atoms with Crippen molar-refractivity contribution in [3.05, 3.63) is 62.4 Å². The zero-order valence-corrected chi connectivity index (χ0v) is 12.0. The molecule has 0 spiro atoms. The van der Waals surface area contributed by atoms with Crippen molar-refractivity contribution >= 4 is 5.97 Å². The summed E-state index contributed by atoms with van der Waals surface area (Å²) in [5, 5.41) is 17.8. The molecule has 2 rings (SSSR count). The summed E-state index contributed by atoms with van der Waals surface area (Å²) in [6, 6.07) is 8.11. The zero-order chi connectivity index (χ0) is 16.4. The maximum absolute atomic E-state index is 12.5. The van der Waals surface area contributed by atoms with Crippen LogP contribution in [0.5, 0.6) is 0 Å². The number of aliphatic carboxylic acids is 1. The first-order chi connectivity index (χ1) is 10.4. The molecule has 0 saturated carbocycles. The molecule has 0 bridgehead atoms. The van der Waals surface area contributed by atoms with Crippen molar-refractivity contribution in [1.82, 2.24) is 9.13 Å². The average molecular weight is 299 g/mol. The van der Waals surface area contributed by atoms with Gasteiger partial charge in [-0.1, -0.05) is 0 Å². The molecule has 1 aromatic heterocycles. The van der Waals surface area contributed by atoms with Crippen molar-refractivity contribution in [3.63, 3.8) is 0 Å². The van der Waals surface area contributed by atoms with Gasteiger partial charge in [0, 0.05) is 11.8 Å². The van der Waals surface area contributed by atoms with Crippen LogP contribution < -0.4 is 11.2 Å². The summed E-state index contributed by atoms with van der Waals surface area (Å²) in [7, 11) is 0. The molecule has 2 aromatic rings. The first-order valence-corrected chi connectivity index (χ1v) is 6.45. The molecule has 0 aliphatic rings. The van der Waals surface area contributed by atoms with Crippen LogP contribution in [-0.4, -0.2) is 20.2 Å². The second-order valence-corrected chi connectivity index (χ2v) is 4.78. The number of carbonyl (C=O) groups is 1. The number of nitriles is 1. The van der Waals surface area contributed by atoms with Gasteiger partial charge in [0.25, 0.3) is 5.56 Å². The van der Waals surface area contributed by atoms with Gasteiger partial charge in [-0.05, 0) is 38.1 Å². The van der Waals surface area contributed by atoms with Crippen LogP contribution in [0.3, 0.4) is 0 Å². The van der Waals surface area contributed by atoms with E-state index in [1.807, 2.05) is 6.07 Å². The highest BCUT2D eigenvalue weighted by molar-refractivity contribution is 5.71. The molecule has 0 aliphatic heterocycles. The van der Waals surface area contributed by atoms with Gasteiger partial charge in [0.2, 0.25) is 0 Å². The summed E-state index contributed by atoms with van der Waals surface area (Å²) in [5.41, 5.74) is -0.130. The van der Waals surface area contributed by atoms with Gasteiger partial charge in [0.05, 0.1) is 17.3 Å². The molecule has 112 valence electrons. The van der Waals surface area contributed by atoms with Crippen molar-refractivity contribution in [2.75, 3.05) is 0 Å². The number of hydrogen-bond donors (Lipinski definition) is 1. The average Bonchev–Trinajstić information content (AvgIpc) is 2.47. The third-order valence-corrected chi connectivity index (χ3v) is 3.32. The van der Waals surface area contributed by atoms with Crippen LogP contribution >= 0.6 is 0 Å². The van der Waals surface area contributed by atoms with E-state index in [-0.39, 0.29) is 0 Å². The molecular weight excluding hydrogens is 286 g/mol. The molecule has 7 nitrogen and oxygen atoms in total. The van der Waals surface area contributed by atoms with Crippen molar-refractivity contribution < 1.29 is 9.90 Å². The molecule has 1 heterocycles. The van der Waals surface area contributed by atoms with Crippen LogP contribution in [0.15, 0.2) is 39.9 Å². The molecular formula is C15H13N3O4. The molecule has 1 aromatic carbocycles. The Bertz CT molecular complexity index is 885. The van der Waals surface area contributed by atoms with E-state index in [4.69, 9.17) is 10.4 Å². The lowest BCUT2D eigenvalue weighted by Gasteiger charge is -2.15. The summed E-state index contributed by atoms with van der Waals surface area (Å²) in [6.45, 7) is 2.85. The molecule has 7 heteroatoms. The first kappa shape index (κ1) is 15.3. The Labute approximate surface area is 125 Å². The zero-order valence-electron chi connectivity index (χ0n) is 12.0. The lowest BCUT2D eigenvalue weighted by Crippen LogP contribution is -2.43. The van der Waals surface area contributed by atoms with E-state index < -0.39 is 23.3 Å². The monoisotopic (exact) mass is 299 g/mol. The maximum atomic E-state index is 12.5. The van der Waals surface area contributed by atoms with E-state index in [0.29, 0.717) is 21.5 Å². The third-order valence-electron chi connectivity index (χ3n) is 3.32. The number of nitrogens with zero attached hydrogens (tertiary/aromatic N) is 3. The van der Waals surface area contributed by atoms with E-state index in [0.717, 1.165) is 0 Å². The Hall–Kier alpha value is -3.14. The van der Waals surface area contributed by atoms with Crippen LogP contribution in [0, 0.1) is 18.3 Å². The lowest BCUT2D eigenvalue weighted by atomic mass is 10.2. The topological polar surface area (TPSA) is 105 Å². The van der Waals surface area contributed by atoms with Crippen LogP contribution in [0.1, 0.15) is 24.2 Å². The van der Waals surface area contributed by atoms with Gasteiger partial charge in [0.15, 0.2) is 0 Å². The predicted octanol–water partition coefficient (Wildman–Crippen LogP) is 0.825. The van der Waals surface area contributed by atoms with Crippen LogP contribution in [-0.2, 0) is 4.79 Å². The molecule has 0 saturated heterocycles. The quantitative estimate of drug-likeness (QED) is 0.903. The fourth-order valence-electron chi connectivity index (χ4n) is 2.13. The molecule has 0 amide bonds. The van der Waals surface area contributed by atoms with Crippen LogP contribution in [0.25, 0.3) is 5.69 Å². The van der Waals surface area contributed by atoms with Gasteiger partial charge in [-0.2, -0.15) is 5.26 Å². The van der Waals surface area contributed by atoms with E-state index in [1.165, 1.54) is 29.7 Å². The summed E-state index contributed by atoms with van der Waals surface area (Å²) in [4.78, 5) is 35.5. The largest absolute Gasteiger partial charge is 0.480 e. The standard InChI is InChI=1S/C15H13N3O4/c1-9-7-13(19)18(10(2)14(20)21)15(22)17(9)12-5-3-11(8-16)4-6-12/h3-7,10H,1-2H3,(H,20,21)/t10-/m0/s1. The second kappa shape index (κ2) is 5.69. The number of rotatable bonds is 3. The molecule has 1 N–H and O–H groups in total. The van der Waals surface area contributed by atoms with Gasteiger partial charge in [-0.25, -0.2) is 14.2 Å². The Morgan fingerprint density at radius 1 is 1.27 bits per heavy atom. The van der Waals surface area contributed by atoms with Gasteiger partial charge < -0.3 is 5.11 Å². The third kappa shape index (κ3) is 2.54.